The van der Waals surface area contributed by atoms with Gasteiger partial charge in [0.2, 0.25) is 0 Å². The van der Waals surface area contributed by atoms with Crippen LogP contribution in [0.2, 0.25) is 0 Å². The van der Waals surface area contributed by atoms with Crippen molar-refractivity contribution in [1.29, 1.82) is 0 Å². The Labute approximate surface area is 78.7 Å². The summed E-state index contributed by atoms with van der Waals surface area (Å²) in [5.74, 6) is 5.61. The van der Waals surface area contributed by atoms with Crippen LogP contribution in [0.25, 0.3) is 6.08 Å². The van der Waals surface area contributed by atoms with E-state index in [2.05, 4.69) is 11.8 Å². The molecule has 1 N–H and O–H groups in total. The maximum atomic E-state index is 9.01. The van der Waals surface area contributed by atoms with Crippen molar-refractivity contribution in [3.63, 3.8) is 0 Å². The van der Waals surface area contributed by atoms with Crippen LogP contribution in [0.5, 0.6) is 0 Å². The Morgan fingerprint density at radius 2 is 2.15 bits per heavy atom. The average Bonchev–Trinajstić information content (AvgIpc) is 2.19. The highest BCUT2D eigenvalue weighted by Crippen LogP contribution is 2.09. The fourth-order valence-corrected chi connectivity index (χ4v) is 1.06. The Balaban J connectivity index is 2.91. The van der Waals surface area contributed by atoms with Gasteiger partial charge in [0, 0.05) is 0 Å². The Morgan fingerprint density at radius 3 is 2.85 bits per heavy atom. The van der Waals surface area contributed by atoms with E-state index in [-0.39, 0.29) is 6.61 Å². The zero-order valence-electron chi connectivity index (χ0n) is 7.62. The molecular formula is C12H12O. The summed E-state index contributed by atoms with van der Waals surface area (Å²) in [5, 5.41) is 9.01. The second-order valence-electron chi connectivity index (χ2n) is 2.58. The van der Waals surface area contributed by atoms with Crippen molar-refractivity contribution in [2.45, 2.75) is 13.5 Å². The Hall–Kier alpha value is -1.52. The van der Waals surface area contributed by atoms with Crippen molar-refractivity contribution in [3.05, 3.63) is 41.5 Å². The van der Waals surface area contributed by atoms with Crippen molar-refractivity contribution >= 4 is 6.08 Å². The van der Waals surface area contributed by atoms with Gasteiger partial charge in [0.1, 0.15) is 0 Å². The lowest BCUT2D eigenvalue weighted by molar-refractivity contribution is 0.281. The molecule has 0 aromatic heterocycles. The van der Waals surface area contributed by atoms with Crippen LogP contribution < -0.4 is 0 Å². The van der Waals surface area contributed by atoms with Crippen LogP contribution in [-0.2, 0) is 6.61 Å². The van der Waals surface area contributed by atoms with Crippen LogP contribution >= 0.6 is 0 Å². The number of rotatable bonds is 2. The van der Waals surface area contributed by atoms with Crippen LogP contribution in [0.15, 0.2) is 30.3 Å². The van der Waals surface area contributed by atoms with E-state index in [1.807, 2.05) is 30.3 Å². The molecule has 1 rings (SSSR count). The van der Waals surface area contributed by atoms with E-state index in [1.165, 1.54) is 0 Å². The minimum Gasteiger partial charge on any atom is -0.392 e. The van der Waals surface area contributed by atoms with Gasteiger partial charge in [0.05, 0.1) is 6.61 Å². The third-order valence-corrected chi connectivity index (χ3v) is 1.72. The maximum Gasteiger partial charge on any atom is 0.0687 e. The SMILES string of the molecule is CC#C/C=C/c1ccccc1CO. The number of benzene rings is 1. The Morgan fingerprint density at radius 1 is 1.38 bits per heavy atom. The highest BCUT2D eigenvalue weighted by atomic mass is 16.3. The number of hydrogen-bond acceptors (Lipinski definition) is 1. The predicted molar refractivity (Wildman–Crippen MR) is 54.8 cm³/mol. The van der Waals surface area contributed by atoms with Crippen molar-refractivity contribution in [3.8, 4) is 11.8 Å². The van der Waals surface area contributed by atoms with Crippen LogP contribution in [0, 0.1) is 11.8 Å². The van der Waals surface area contributed by atoms with E-state index in [9.17, 15) is 0 Å². The van der Waals surface area contributed by atoms with E-state index in [4.69, 9.17) is 5.11 Å². The first-order chi connectivity index (χ1) is 6.38. The maximum absolute atomic E-state index is 9.01. The first kappa shape index (κ1) is 9.57. The molecular weight excluding hydrogens is 160 g/mol. The molecule has 0 amide bonds. The van der Waals surface area contributed by atoms with Crippen molar-refractivity contribution < 1.29 is 5.11 Å². The van der Waals surface area contributed by atoms with Gasteiger partial charge in [0.15, 0.2) is 0 Å². The summed E-state index contributed by atoms with van der Waals surface area (Å²) >= 11 is 0. The molecule has 0 aliphatic carbocycles. The van der Waals surface area contributed by atoms with E-state index >= 15 is 0 Å². The van der Waals surface area contributed by atoms with Gasteiger partial charge >= 0.3 is 0 Å². The number of aliphatic hydroxyl groups is 1. The topological polar surface area (TPSA) is 20.2 Å². The van der Waals surface area contributed by atoms with Crippen molar-refractivity contribution in [2.24, 2.45) is 0 Å². The van der Waals surface area contributed by atoms with Gasteiger partial charge in [-0.25, -0.2) is 0 Å². The highest BCUT2D eigenvalue weighted by molar-refractivity contribution is 5.56. The lowest BCUT2D eigenvalue weighted by atomic mass is 10.1. The van der Waals surface area contributed by atoms with E-state index in [0.717, 1.165) is 11.1 Å². The lowest BCUT2D eigenvalue weighted by Gasteiger charge is -1.99. The third-order valence-electron chi connectivity index (χ3n) is 1.72. The molecule has 0 fully saturated rings. The van der Waals surface area contributed by atoms with E-state index in [1.54, 1.807) is 13.0 Å². The fraction of sp³-hybridized carbons (Fsp3) is 0.167. The second-order valence-corrected chi connectivity index (χ2v) is 2.58. The molecule has 66 valence electrons. The molecule has 0 unspecified atom stereocenters. The van der Waals surface area contributed by atoms with Crippen molar-refractivity contribution in [1.82, 2.24) is 0 Å². The van der Waals surface area contributed by atoms with Crippen molar-refractivity contribution in [2.75, 3.05) is 0 Å². The summed E-state index contributed by atoms with van der Waals surface area (Å²) in [4.78, 5) is 0. The lowest BCUT2D eigenvalue weighted by Crippen LogP contribution is -1.86. The van der Waals surface area contributed by atoms with Crippen LogP contribution in [0.4, 0.5) is 0 Å². The van der Waals surface area contributed by atoms with Crippen LogP contribution in [0.1, 0.15) is 18.1 Å². The Kier molecular flexibility index (Phi) is 3.81. The molecule has 0 aliphatic heterocycles. The molecule has 0 atom stereocenters. The highest BCUT2D eigenvalue weighted by Gasteiger charge is 1.94. The minimum atomic E-state index is 0.0695. The molecule has 0 heterocycles. The second kappa shape index (κ2) is 5.18. The standard InChI is InChI=1S/C12H12O/c1-2-3-4-7-11-8-5-6-9-12(11)10-13/h4-9,13H,10H2,1H3/b7-4+. The molecule has 1 aromatic rings. The first-order valence-corrected chi connectivity index (χ1v) is 4.16. The summed E-state index contributed by atoms with van der Waals surface area (Å²) in [6, 6.07) is 7.71. The number of aliphatic hydroxyl groups excluding tert-OH is 1. The zero-order chi connectivity index (χ0) is 9.52. The summed E-state index contributed by atoms with van der Waals surface area (Å²) in [6.07, 6.45) is 3.69. The molecule has 1 nitrogen and oxygen atoms in total. The van der Waals surface area contributed by atoms with Gasteiger partial charge in [-0.2, -0.15) is 0 Å². The average molecular weight is 172 g/mol. The van der Waals surface area contributed by atoms with Crippen LogP contribution in [-0.4, -0.2) is 5.11 Å². The van der Waals surface area contributed by atoms with E-state index in [0.29, 0.717) is 0 Å². The molecule has 0 spiro atoms. The molecule has 0 aliphatic rings. The Bertz CT molecular complexity index is 353. The molecule has 1 aromatic carbocycles. The monoisotopic (exact) mass is 172 g/mol. The predicted octanol–water partition coefficient (Wildman–Crippen LogP) is 2.22. The van der Waals surface area contributed by atoms with Gasteiger partial charge in [-0.05, 0) is 30.2 Å². The molecule has 0 saturated carbocycles. The minimum absolute atomic E-state index is 0.0695. The summed E-state index contributed by atoms with van der Waals surface area (Å²) in [5.41, 5.74) is 1.95. The van der Waals surface area contributed by atoms with Gasteiger partial charge in [0.25, 0.3) is 0 Å². The molecule has 13 heavy (non-hydrogen) atoms. The zero-order valence-corrected chi connectivity index (χ0v) is 7.62. The molecule has 1 heteroatoms. The largest absolute Gasteiger partial charge is 0.392 e. The first-order valence-electron chi connectivity index (χ1n) is 4.16. The molecule has 0 saturated heterocycles. The smallest absolute Gasteiger partial charge is 0.0687 e. The number of allylic oxidation sites excluding steroid dienone is 1. The van der Waals surface area contributed by atoms with Gasteiger partial charge in [-0.1, -0.05) is 30.2 Å². The third kappa shape index (κ3) is 2.77. The molecule has 0 radical (unpaired) electrons. The quantitative estimate of drug-likeness (QED) is 0.678. The fourth-order valence-electron chi connectivity index (χ4n) is 1.06. The van der Waals surface area contributed by atoms with E-state index < -0.39 is 0 Å². The van der Waals surface area contributed by atoms with Gasteiger partial charge in [-0.3, -0.25) is 0 Å². The molecule has 0 bridgehead atoms. The van der Waals surface area contributed by atoms with Crippen LogP contribution in [0.3, 0.4) is 0 Å². The normalized spacial score (nSPS) is 9.69. The number of hydrogen-bond donors (Lipinski definition) is 1. The van der Waals surface area contributed by atoms with Gasteiger partial charge in [-0.15, -0.1) is 5.92 Å². The summed E-state index contributed by atoms with van der Waals surface area (Å²) < 4.78 is 0. The van der Waals surface area contributed by atoms with Gasteiger partial charge < -0.3 is 5.11 Å². The summed E-state index contributed by atoms with van der Waals surface area (Å²) in [7, 11) is 0. The summed E-state index contributed by atoms with van der Waals surface area (Å²) in [6.45, 7) is 1.86.